The lowest BCUT2D eigenvalue weighted by Crippen LogP contribution is -2.38. The summed E-state index contributed by atoms with van der Waals surface area (Å²) in [7, 11) is 0. The Morgan fingerprint density at radius 1 is 1.38 bits per heavy atom. The van der Waals surface area contributed by atoms with Gasteiger partial charge >= 0.3 is 0 Å². The predicted molar refractivity (Wildman–Crippen MR) is 85.5 cm³/mol. The second-order valence-electron chi connectivity index (χ2n) is 5.33. The first-order chi connectivity index (χ1) is 10.3. The summed E-state index contributed by atoms with van der Waals surface area (Å²) < 4.78 is 0. The Labute approximate surface area is 128 Å². The normalized spacial score (nSPS) is 18.4. The molecule has 1 fully saturated rings. The smallest absolute Gasteiger partial charge is 0.270 e. The van der Waals surface area contributed by atoms with Crippen LogP contribution in [0.15, 0.2) is 35.7 Å². The minimum absolute atomic E-state index is 0.0704. The van der Waals surface area contributed by atoms with Crippen LogP contribution < -0.4 is 10.6 Å². The highest BCUT2D eigenvalue weighted by Crippen LogP contribution is 2.23. The minimum atomic E-state index is -0.0704. The van der Waals surface area contributed by atoms with Crippen molar-refractivity contribution in [3.63, 3.8) is 0 Å². The molecule has 1 aliphatic rings. The third kappa shape index (κ3) is 3.68. The van der Waals surface area contributed by atoms with Crippen LogP contribution in [0.4, 0.5) is 0 Å². The summed E-state index contributed by atoms with van der Waals surface area (Å²) in [6, 6.07) is 9.95. The van der Waals surface area contributed by atoms with E-state index in [0.717, 1.165) is 30.2 Å². The Hall–Kier alpha value is -1.72. The first-order valence-corrected chi connectivity index (χ1v) is 8.21. The largest absolute Gasteiger partial charge is 0.350 e. The molecule has 2 aromatic rings. The number of thiazole rings is 1. The Morgan fingerprint density at radius 2 is 2.24 bits per heavy atom. The molecule has 0 spiro atoms. The van der Waals surface area contributed by atoms with Gasteiger partial charge in [0.1, 0.15) is 10.7 Å². The lowest BCUT2D eigenvalue weighted by molar-refractivity contribution is 0.0940. The fraction of sp³-hybridized carbons (Fsp3) is 0.375. The molecule has 5 heteroatoms. The third-order valence-corrected chi connectivity index (χ3v) is 4.60. The molecule has 21 heavy (non-hydrogen) atoms. The van der Waals surface area contributed by atoms with Crippen LogP contribution in [-0.4, -0.2) is 30.5 Å². The predicted octanol–water partition coefficient (Wildman–Crippen LogP) is 2.54. The van der Waals surface area contributed by atoms with Gasteiger partial charge in [-0.2, -0.15) is 0 Å². The van der Waals surface area contributed by atoms with E-state index in [4.69, 9.17) is 0 Å². The molecule has 4 nitrogen and oxygen atoms in total. The number of hydrogen-bond acceptors (Lipinski definition) is 4. The van der Waals surface area contributed by atoms with E-state index in [9.17, 15) is 4.79 Å². The van der Waals surface area contributed by atoms with E-state index in [1.807, 2.05) is 35.7 Å². The maximum Gasteiger partial charge on any atom is 0.270 e. The summed E-state index contributed by atoms with van der Waals surface area (Å²) >= 11 is 1.51. The summed E-state index contributed by atoms with van der Waals surface area (Å²) in [6.45, 7) is 2.81. The number of aromatic nitrogens is 1. The van der Waals surface area contributed by atoms with E-state index in [1.54, 1.807) is 0 Å². The topological polar surface area (TPSA) is 54.0 Å². The van der Waals surface area contributed by atoms with E-state index >= 15 is 0 Å². The van der Waals surface area contributed by atoms with Crippen molar-refractivity contribution in [1.29, 1.82) is 0 Å². The van der Waals surface area contributed by atoms with Crippen LogP contribution in [0.2, 0.25) is 0 Å². The number of nitrogens with one attached hydrogen (secondary N) is 2. The van der Waals surface area contributed by atoms with Crippen LogP contribution in [0, 0.1) is 5.92 Å². The first kappa shape index (κ1) is 14.2. The molecule has 0 bridgehead atoms. The van der Waals surface area contributed by atoms with Gasteiger partial charge in [-0.05, 0) is 31.8 Å². The molecule has 1 atom stereocenters. The summed E-state index contributed by atoms with van der Waals surface area (Å²) in [5.74, 6) is 0.467. The number of hydrogen-bond donors (Lipinski definition) is 2. The third-order valence-electron chi connectivity index (χ3n) is 3.71. The number of rotatable bonds is 4. The minimum Gasteiger partial charge on any atom is -0.350 e. The summed E-state index contributed by atoms with van der Waals surface area (Å²) in [5.41, 5.74) is 1.57. The maximum absolute atomic E-state index is 12.1. The van der Waals surface area contributed by atoms with E-state index in [2.05, 4.69) is 15.6 Å². The summed E-state index contributed by atoms with van der Waals surface area (Å²) in [6.07, 6.45) is 2.37. The van der Waals surface area contributed by atoms with Crippen molar-refractivity contribution in [1.82, 2.24) is 15.6 Å². The first-order valence-electron chi connectivity index (χ1n) is 7.33. The van der Waals surface area contributed by atoms with Crippen LogP contribution in [-0.2, 0) is 0 Å². The van der Waals surface area contributed by atoms with Gasteiger partial charge in [0.05, 0.1) is 0 Å². The Bertz CT molecular complexity index is 591. The highest BCUT2D eigenvalue weighted by molar-refractivity contribution is 7.13. The number of carbonyl (C=O) groups is 1. The maximum atomic E-state index is 12.1. The van der Waals surface area contributed by atoms with Crippen LogP contribution in [0.3, 0.4) is 0 Å². The summed E-state index contributed by atoms with van der Waals surface area (Å²) in [5, 5.41) is 9.08. The van der Waals surface area contributed by atoms with Crippen molar-refractivity contribution >= 4 is 17.2 Å². The zero-order valence-corrected chi connectivity index (χ0v) is 12.7. The van der Waals surface area contributed by atoms with E-state index in [-0.39, 0.29) is 5.91 Å². The molecule has 110 valence electrons. The average Bonchev–Trinajstić information content (AvgIpc) is 3.04. The molecular weight excluding hydrogens is 282 g/mol. The molecule has 3 rings (SSSR count). The number of piperidine rings is 1. The molecule has 1 aromatic carbocycles. The number of amides is 1. The van der Waals surface area contributed by atoms with E-state index in [1.165, 1.54) is 24.2 Å². The highest BCUT2D eigenvalue weighted by atomic mass is 32.1. The Balaban J connectivity index is 1.59. The molecule has 2 N–H and O–H groups in total. The lowest BCUT2D eigenvalue weighted by atomic mass is 10.00. The molecule has 0 aliphatic carbocycles. The van der Waals surface area contributed by atoms with Crippen LogP contribution >= 0.6 is 11.3 Å². The molecule has 0 saturated carbocycles. The van der Waals surface area contributed by atoms with Gasteiger partial charge in [-0.1, -0.05) is 30.3 Å². The van der Waals surface area contributed by atoms with Gasteiger partial charge < -0.3 is 10.6 Å². The zero-order chi connectivity index (χ0) is 14.5. The number of carbonyl (C=O) groups excluding carboxylic acids is 1. The number of benzene rings is 1. The average molecular weight is 301 g/mol. The fourth-order valence-electron chi connectivity index (χ4n) is 2.52. The van der Waals surface area contributed by atoms with Gasteiger partial charge in [0.15, 0.2) is 0 Å². The molecule has 2 heterocycles. The van der Waals surface area contributed by atoms with Crippen molar-refractivity contribution in [3.05, 3.63) is 41.4 Å². The van der Waals surface area contributed by atoms with Gasteiger partial charge in [-0.25, -0.2) is 4.98 Å². The van der Waals surface area contributed by atoms with Crippen LogP contribution in [0.1, 0.15) is 23.3 Å². The quantitative estimate of drug-likeness (QED) is 0.912. The standard InChI is InChI=1S/C16H19N3OS/c20-15(18-10-12-5-4-8-17-9-12)14-11-21-16(19-14)13-6-2-1-3-7-13/h1-3,6-7,11-12,17H,4-5,8-10H2,(H,18,20). The fourth-order valence-corrected chi connectivity index (χ4v) is 3.32. The molecule has 1 aliphatic heterocycles. The SMILES string of the molecule is O=C(NCC1CCCNC1)c1csc(-c2ccccc2)n1. The van der Waals surface area contributed by atoms with Gasteiger partial charge in [0, 0.05) is 17.5 Å². The van der Waals surface area contributed by atoms with Crippen LogP contribution in [0.25, 0.3) is 10.6 Å². The molecular formula is C16H19N3OS. The van der Waals surface area contributed by atoms with Gasteiger partial charge in [-0.3, -0.25) is 4.79 Å². The number of nitrogens with zero attached hydrogens (tertiary/aromatic N) is 1. The summed E-state index contributed by atoms with van der Waals surface area (Å²) in [4.78, 5) is 16.6. The molecule has 1 unspecified atom stereocenters. The second kappa shape index (κ2) is 6.83. The Kier molecular flexibility index (Phi) is 4.62. The van der Waals surface area contributed by atoms with Crippen molar-refractivity contribution in [2.24, 2.45) is 5.92 Å². The van der Waals surface area contributed by atoms with Crippen molar-refractivity contribution in [2.45, 2.75) is 12.8 Å². The van der Waals surface area contributed by atoms with Crippen molar-refractivity contribution in [3.8, 4) is 10.6 Å². The monoisotopic (exact) mass is 301 g/mol. The van der Waals surface area contributed by atoms with E-state index < -0.39 is 0 Å². The molecule has 1 saturated heterocycles. The van der Waals surface area contributed by atoms with E-state index in [0.29, 0.717) is 11.6 Å². The zero-order valence-electron chi connectivity index (χ0n) is 11.8. The van der Waals surface area contributed by atoms with Crippen molar-refractivity contribution in [2.75, 3.05) is 19.6 Å². The molecule has 0 radical (unpaired) electrons. The lowest BCUT2D eigenvalue weighted by Gasteiger charge is -2.22. The molecule has 1 aromatic heterocycles. The second-order valence-corrected chi connectivity index (χ2v) is 6.18. The Morgan fingerprint density at radius 3 is 3.00 bits per heavy atom. The van der Waals surface area contributed by atoms with Gasteiger partial charge in [0.2, 0.25) is 0 Å². The van der Waals surface area contributed by atoms with Crippen molar-refractivity contribution < 1.29 is 4.79 Å². The van der Waals surface area contributed by atoms with Crippen LogP contribution in [0.5, 0.6) is 0 Å². The highest BCUT2D eigenvalue weighted by Gasteiger charge is 2.16. The molecule has 1 amide bonds. The van der Waals surface area contributed by atoms with Gasteiger partial charge in [-0.15, -0.1) is 11.3 Å². The van der Waals surface area contributed by atoms with Gasteiger partial charge in [0.25, 0.3) is 5.91 Å².